The summed E-state index contributed by atoms with van der Waals surface area (Å²) in [7, 11) is 1.64. The zero-order chi connectivity index (χ0) is 11.9. The van der Waals surface area contributed by atoms with Crippen LogP contribution in [0.15, 0.2) is 18.2 Å². The number of carbonyl (C=O) groups excluding carboxylic acids is 1. The Labute approximate surface area is 100 Å². The minimum absolute atomic E-state index is 0.118. The Balaban J connectivity index is 2.07. The lowest BCUT2D eigenvalue weighted by Crippen LogP contribution is -2.47. The maximum atomic E-state index is 12.2. The molecule has 0 bridgehead atoms. The fourth-order valence-electron chi connectivity index (χ4n) is 2.86. The minimum Gasteiger partial charge on any atom is -0.497 e. The number of rotatable bonds is 1. The Hall–Kier alpha value is -1.55. The number of methoxy groups -OCH3 is 1. The summed E-state index contributed by atoms with van der Waals surface area (Å²) in [6.07, 6.45) is 1.96. The monoisotopic (exact) mass is 232 g/mol. The van der Waals surface area contributed by atoms with Gasteiger partial charge in [0.1, 0.15) is 5.75 Å². The second-order valence-corrected chi connectivity index (χ2v) is 4.73. The third-order valence-electron chi connectivity index (χ3n) is 3.81. The molecule has 1 atom stereocenters. The molecule has 90 valence electrons. The molecule has 4 heteroatoms. The van der Waals surface area contributed by atoms with Crippen LogP contribution in [0.1, 0.15) is 18.4 Å². The van der Waals surface area contributed by atoms with Gasteiger partial charge in [-0.05, 0) is 31.0 Å². The van der Waals surface area contributed by atoms with Crippen LogP contribution in [0.25, 0.3) is 0 Å². The predicted octanol–water partition coefficient (Wildman–Crippen LogP) is 1.27. The average molecular weight is 232 g/mol. The first-order chi connectivity index (χ1) is 8.26. The summed E-state index contributed by atoms with van der Waals surface area (Å²) in [5, 5.41) is 6.30. The first kappa shape index (κ1) is 10.6. The molecule has 1 aromatic rings. The number of ether oxygens (including phenoxy) is 1. The van der Waals surface area contributed by atoms with E-state index in [1.807, 2.05) is 18.2 Å². The third kappa shape index (κ3) is 1.44. The molecule has 4 nitrogen and oxygen atoms in total. The molecule has 1 saturated heterocycles. The molecular formula is C13H16N2O2. The standard InChI is InChI=1S/C13H16N2O2/c1-17-9-3-4-10-11(7-9)15-12(16)13(10)5-2-6-14-8-13/h3-4,7,14H,2,5-6,8H2,1H3,(H,15,16). The van der Waals surface area contributed by atoms with E-state index in [2.05, 4.69) is 10.6 Å². The minimum atomic E-state index is -0.361. The Morgan fingerprint density at radius 2 is 2.29 bits per heavy atom. The molecule has 0 radical (unpaired) electrons. The maximum absolute atomic E-state index is 12.2. The molecule has 0 aliphatic carbocycles. The van der Waals surface area contributed by atoms with Gasteiger partial charge in [0, 0.05) is 18.3 Å². The molecule has 17 heavy (non-hydrogen) atoms. The number of piperidine rings is 1. The molecule has 2 aliphatic heterocycles. The number of hydrogen-bond acceptors (Lipinski definition) is 3. The highest BCUT2D eigenvalue weighted by Gasteiger charge is 2.47. The van der Waals surface area contributed by atoms with Crippen LogP contribution in [-0.4, -0.2) is 26.1 Å². The van der Waals surface area contributed by atoms with Crippen molar-refractivity contribution in [1.82, 2.24) is 5.32 Å². The second kappa shape index (κ2) is 3.74. The summed E-state index contributed by atoms with van der Waals surface area (Å²) in [5.74, 6) is 0.901. The SMILES string of the molecule is COc1ccc2c(c1)NC(=O)C21CCCNC1. The molecule has 2 heterocycles. The van der Waals surface area contributed by atoms with E-state index in [0.717, 1.165) is 42.9 Å². The van der Waals surface area contributed by atoms with Gasteiger partial charge in [-0.1, -0.05) is 6.07 Å². The van der Waals surface area contributed by atoms with Crippen LogP contribution in [-0.2, 0) is 10.2 Å². The predicted molar refractivity (Wildman–Crippen MR) is 65.4 cm³/mol. The van der Waals surface area contributed by atoms with E-state index in [1.165, 1.54) is 0 Å². The molecule has 1 amide bonds. The molecule has 1 unspecified atom stereocenters. The van der Waals surface area contributed by atoms with E-state index in [4.69, 9.17) is 4.74 Å². The number of benzene rings is 1. The van der Waals surface area contributed by atoms with Crippen molar-refractivity contribution in [2.75, 3.05) is 25.5 Å². The third-order valence-corrected chi connectivity index (χ3v) is 3.81. The van der Waals surface area contributed by atoms with Gasteiger partial charge < -0.3 is 15.4 Å². The van der Waals surface area contributed by atoms with Gasteiger partial charge >= 0.3 is 0 Å². The maximum Gasteiger partial charge on any atom is 0.236 e. The van der Waals surface area contributed by atoms with E-state index in [9.17, 15) is 4.79 Å². The van der Waals surface area contributed by atoms with Crippen molar-refractivity contribution in [3.8, 4) is 5.75 Å². The molecule has 1 fully saturated rings. The lowest BCUT2D eigenvalue weighted by Gasteiger charge is -2.32. The van der Waals surface area contributed by atoms with Crippen molar-refractivity contribution in [1.29, 1.82) is 0 Å². The topological polar surface area (TPSA) is 50.4 Å². The van der Waals surface area contributed by atoms with Gasteiger partial charge in [0.05, 0.1) is 12.5 Å². The van der Waals surface area contributed by atoms with Crippen molar-refractivity contribution in [3.63, 3.8) is 0 Å². The van der Waals surface area contributed by atoms with Crippen molar-refractivity contribution in [2.45, 2.75) is 18.3 Å². The van der Waals surface area contributed by atoms with E-state index in [1.54, 1.807) is 7.11 Å². The van der Waals surface area contributed by atoms with Gasteiger partial charge in [-0.3, -0.25) is 4.79 Å². The fourth-order valence-corrected chi connectivity index (χ4v) is 2.86. The molecule has 0 aromatic heterocycles. The van der Waals surface area contributed by atoms with Gasteiger partial charge in [-0.25, -0.2) is 0 Å². The summed E-state index contributed by atoms with van der Waals surface area (Å²) < 4.78 is 5.18. The molecule has 1 aromatic carbocycles. The van der Waals surface area contributed by atoms with Gasteiger partial charge in [0.2, 0.25) is 5.91 Å². The van der Waals surface area contributed by atoms with E-state index in [-0.39, 0.29) is 11.3 Å². The summed E-state index contributed by atoms with van der Waals surface area (Å²) in [6.45, 7) is 1.73. The molecule has 2 aliphatic rings. The Kier molecular flexibility index (Phi) is 2.33. The van der Waals surface area contributed by atoms with Crippen LogP contribution < -0.4 is 15.4 Å². The summed E-state index contributed by atoms with van der Waals surface area (Å²) in [6, 6.07) is 5.84. The number of anilines is 1. The number of carbonyl (C=O) groups is 1. The normalized spacial score (nSPS) is 26.8. The second-order valence-electron chi connectivity index (χ2n) is 4.73. The number of nitrogens with one attached hydrogen (secondary N) is 2. The lowest BCUT2D eigenvalue weighted by molar-refractivity contribution is -0.121. The molecule has 3 rings (SSSR count). The summed E-state index contributed by atoms with van der Waals surface area (Å²) in [5.41, 5.74) is 1.65. The first-order valence-electron chi connectivity index (χ1n) is 5.97. The zero-order valence-corrected chi connectivity index (χ0v) is 9.88. The number of fused-ring (bicyclic) bond motifs is 2. The van der Waals surface area contributed by atoms with Crippen molar-refractivity contribution in [2.24, 2.45) is 0 Å². The van der Waals surface area contributed by atoms with Crippen LogP contribution in [0.5, 0.6) is 5.75 Å². The molecular weight excluding hydrogens is 216 g/mol. The van der Waals surface area contributed by atoms with Gasteiger partial charge in [-0.2, -0.15) is 0 Å². The van der Waals surface area contributed by atoms with Crippen molar-refractivity contribution >= 4 is 11.6 Å². The van der Waals surface area contributed by atoms with Crippen molar-refractivity contribution < 1.29 is 9.53 Å². The smallest absolute Gasteiger partial charge is 0.236 e. The lowest BCUT2D eigenvalue weighted by atomic mass is 9.76. The largest absolute Gasteiger partial charge is 0.497 e. The molecule has 0 saturated carbocycles. The number of hydrogen-bond donors (Lipinski definition) is 2. The van der Waals surface area contributed by atoms with Gasteiger partial charge in [0.15, 0.2) is 0 Å². The average Bonchev–Trinajstić information content (AvgIpc) is 2.63. The van der Waals surface area contributed by atoms with Crippen LogP contribution in [0.4, 0.5) is 5.69 Å². The summed E-state index contributed by atoms with van der Waals surface area (Å²) >= 11 is 0. The van der Waals surface area contributed by atoms with Crippen molar-refractivity contribution in [3.05, 3.63) is 23.8 Å². The molecule has 2 N–H and O–H groups in total. The van der Waals surface area contributed by atoms with Crippen LogP contribution in [0.3, 0.4) is 0 Å². The van der Waals surface area contributed by atoms with E-state index in [0.29, 0.717) is 0 Å². The van der Waals surface area contributed by atoms with Crippen LogP contribution >= 0.6 is 0 Å². The highest BCUT2D eigenvalue weighted by molar-refractivity contribution is 6.06. The quantitative estimate of drug-likeness (QED) is 0.766. The highest BCUT2D eigenvalue weighted by atomic mass is 16.5. The van der Waals surface area contributed by atoms with Crippen LogP contribution in [0, 0.1) is 0 Å². The van der Waals surface area contributed by atoms with Gasteiger partial charge in [-0.15, -0.1) is 0 Å². The molecule has 1 spiro atoms. The first-order valence-corrected chi connectivity index (χ1v) is 5.97. The summed E-state index contributed by atoms with van der Waals surface area (Å²) in [4.78, 5) is 12.2. The number of amides is 1. The Morgan fingerprint density at radius 1 is 1.41 bits per heavy atom. The Morgan fingerprint density at radius 3 is 3.00 bits per heavy atom. The van der Waals surface area contributed by atoms with Crippen LogP contribution in [0.2, 0.25) is 0 Å². The fraction of sp³-hybridized carbons (Fsp3) is 0.462. The Bertz CT molecular complexity index is 464. The van der Waals surface area contributed by atoms with Gasteiger partial charge in [0.25, 0.3) is 0 Å². The zero-order valence-electron chi connectivity index (χ0n) is 9.88. The van der Waals surface area contributed by atoms with E-state index < -0.39 is 0 Å². The van der Waals surface area contributed by atoms with E-state index >= 15 is 0 Å². The highest BCUT2D eigenvalue weighted by Crippen LogP contribution is 2.43.